The third kappa shape index (κ3) is 11.2. The van der Waals surface area contributed by atoms with E-state index in [0.29, 0.717) is 19.6 Å². The summed E-state index contributed by atoms with van der Waals surface area (Å²) in [6.45, 7) is 3.62. The van der Waals surface area contributed by atoms with Gasteiger partial charge in [-0.1, -0.05) is 50.1 Å². The van der Waals surface area contributed by atoms with E-state index in [9.17, 15) is 14.7 Å². The van der Waals surface area contributed by atoms with Crippen LogP contribution in [0.4, 0.5) is 5.69 Å². The third-order valence-corrected chi connectivity index (χ3v) is 5.84. The van der Waals surface area contributed by atoms with Gasteiger partial charge in [-0.2, -0.15) is 0 Å². The number of nitrogens with zero attached hydrogens (tertiary/aromatic N) is 4. The molecule has 1 aromatic carbocycles. The van der Waals surface area contributed by atoms with E-state index in [1.165, 1.54) is 0 Å². The minimum atomic E-state index is -0.884. The molecule has 198 valence electrons. The molecule has 2 N–H and O–H groups in total. The molecule has 0 spiro atoms. The topological polar surface area (TPSA) is 98.7 Å². The van der Waals surface area contributed by atoms with Crippen LogP contribution in [0, 0.1) is 0 Å². The molecule has 0 bridgehead atoms. The van der Waals surface area contributed by atoms with Crippen molar-refractivity contribution in [2.45, 2.75) is 45.3 Å². The van der Waals surface area contributed by atoms with Crippen LogP contribution in [0.15, 0.2) is 79.1 Å². The summed E-state index contributed by atoms with van der Waals surface area (Å²) < 4.78 is 0. The van der Waals surface area contributed by atoms with Crippen molar-refractivity contribution in [2.24, 2.45) is 0 Å². The van der Waals surface area contributed by atoms with Crippen molar-refractivity contribution < 1.29 is 31.8 Å². The minimum absolute atomic E-state index is 0. The van der Waals surface area contributed by atoms with E-state index < -0.39 is 5.97 Å². The van der Waals surface area contributed by atoms with E-state index in [1.807, 2.05) is 76.5 Å². The fourth-order valence-electron chi connectivity index (χ4n) is 4.15. The van der Waals surface area contributed by atoms with Crippen molar-refractivity contribution in [3.8, 4) is 0 Å². The second kappa shape index (κ2) is 16.6. The van der Waals surface area contributed by atoms with Gasteiger partial charge in [-0.15, -0.1) is 0 Å². The van der Waals surface area contributed by atoms with E-state index in [-0.39, 0.29) is 42.1 Å². The molecule has 1 unspecified atom stereocenters. The molecular weight excluding hydrogens is 510 g/mol. The molecule has 0 aliphatic carbocycles. The van der Waals surface area contributed by atoms with Crippen molar-refractivity contribution in [1.29, 1.82) is 0 Å². The predicted molar refractivity (Wildman–Crippen MR) is 140 cm³/mol. The van der Waals surface area contributed by atoms with E-state index in [0.717, 1.165) is 36.3 Å². The summed E-state index contributed by atoms with van der Waals surface area (Å²) in [6, 6.07) is 20.7. The largest absolute Gasteiger partial charge is 0.480 e. The summed E-state index contributed by atoms with van der Waals surface area (Å²) in [6.07, 6.45) is 6.22. The number of hydrogen-bond acceptors (Lipinski definition) is 6. The van der Waals surface area contributed by atoms with Crippen LogP contribution in [-0.2, 0) is 39.7 Å². The van der Waals surface area contributed by atoms with Gasteiger partial charge in [-0.3, -0.25) is 29.4 Å². The summed E-state index contributed by atoms with van der Waals surface area (Å²) >= 11 is 0. The maximum absolute atomic E-state index is 13.0. The Morgan fingerprint density at radius 2 is 1.51 bits per heavy atom. The standard InChI is InChI=1S/C28H35N5O3.Fe/c1-2-3-15-26(33(22-28(35)36)19-25-14-8-10-17-30-25)20-32(18-24-13-7-9-16-29-24)21-27(34)31-23-11-5-4-6-12-23;/h4-14,16-17,26H,2-3,15,18-22H2,1H3,(H,31,34)(H,35,36);. The van der Waals surface area contributed by atoms with Crippen LogP contribution in [0.25, 0.3) is 0 Å². The van der Waals surface area contributed by atoms with Crippen LogP contribution in [-0.4, -0.2) is 62.4 Å². The van der Waals surface area contributed by atoms with Gasteiger partial charge >= 0.3 is 5.97 Å². The number of unbranched alkanes of at least 4 members (excludes halogenated alkanes) is 1. The Kier molecular flexibility index (Phi) is 13.5. The average molecular weight is 545 g/mol. The number of anilines is 1. The number of pyridine rings is 2. The second-order valence-corrected chi connectivity index (χ2v) is 8.82. The molecule has 0 saturated heterocycles. The van der Waals surface area contributed by atoms with Crippen LogP contribution in [0.2, 0.25) is 0 Å². The number of amides is 1. The molecule has 1 atom stereocenters. The van der Waals surface area contributed by atoms with E-state index in [2.05, 4.69) is 22.2 Å². The predicted octanol–water partition coefficient (Wildman–Crippen LogP) is 4.06. The van der Waals surface area contributed by atoms with E-state index in [1.54, 1.807) is 12.4 Å². The summed E-state index contributed by atoms with van der Waals surface area (Å²) in [5.41, 5.74) is 2.41. The molecule has 8 nitrogen and oxygen atoms in total. The van der Waals surface area contributed by atoms with Crippen LogP contribution in [0.5, 0.6) is 0 Å². The summed E-state index contributed by atoms with van der Waals surface area (Å²) in [5.74, 6) is -1.01. The fraction of sp³-hybridized carbons (Fsp3) is 0.357. The van der Waals surface area contributed by atoms with Crippen molar-refractivity contribution in [2.75, 3.05) is 25.0 Å². The van der Waals surface area contributed by atoms with Gasteiger partial charge < -0.3 is 10.4 Å². The van der Waals surface area contributed by atoms with Crippen molar-refractivity contribution in [1.82, 2.24) is 19.8 Å². The van der Waals surface area contributed by atoms with Gasteiger partial charge in [0.1, 0.15) is 0 Å². The Morgan fingerprint density at radius 3 is 2.08 bits per heavy atom. The molecule has 0 fully saturated rings. The van der Waals surface area contributed by atoms with Gasteiger partial charge in [-0.05, 0) is 42.8 Å². The molecule has 3 aromatic rings. The summed E-state index contributed by atoms with van der Waals surface area (Å²) in [7, 11) is 0. The van der Waals surface area contributed by atoms with Gasteiger partial charge in [0.05, 0.1) is 24.5 Å². The van der Waals surface area contributed by atoms with Gasteiger partial charge in [0.2, 0.25) is 5.91 Å². The van der Waals surface area contributed by atoms with Gasteiger partial charge in [0.15, 0.2) is 0 Å². The fourth-order valence-corrected chi connectivity index (χ4v) is 4.15. The quantitative estimate of drug-likeness (QED) is 0.278. The molecule has 1 amide bonds. The van der Waals surface area contributed by atoms with Crippen LogP contribution < -0.4 is 5.32 Å². The Balaban J connectivity index is 0.00000481. The minimum Gasteiger partial charge on any atom is -0.480 e. The Bertz CT molecular complexity index is 1060. The first-order valence-electron chi connectivity index (χ1n) is 12.4. The van der Waals surface area contributed by atoms with Gasteiger partial charge in [0, 0.05) is 60.8 Å². The number of rotatable bonds is 15. The molecular formula is C28H35FeN5O3. The van der Waals surface area contributed by atoms with Crippen LogP contribution in [0.1, 0.15) is 37.6 Å². The Morgan fingerprint density at radius 1 is 0.892 bits per heavy atom. The number of carboxylic acids is 1. The number of carbonyl (C=O) groups is 2. The maximum Gasteiger partial charge on any atom is 0.317 e. The number of carbonyl (C=O) groups excluding carboxylic acids is 1. The molecule has 0 aliphatic heterocycles. The molecule has 0 radical (unpaired) electrons. The molecule has 0 aliphatic rings. The SMILES string of the molecule is CCCCC(CN(CC(=O)Nc1ccccc1)Cc1ccccn1)N(CC(=O)O)Cc1ccccn1.[Fe]. The monoisotopic (exact) mass is 545 g/mol. The molecule has 2 aromatic heterocycles. The summed E-state index contributed by atoms with van der Waals surface area (Å²) in [5, 5.41) is 12.6. The smallest absolute Gasteiger partial charge is 0.317 e. The first kappa shape index (κ1) is 30.1. The molecule has 3 rings (SSSR count). The first-order valence-corrected chi connectivity index (χ1v) is 12.4. The van der Waals surface area contributed by atoms with Crippen molar-refractivity contribution in [3.63, 3.8) is 0 Å². The van der Waals surface area contributed by atoms with Crippen molar-refractivity contribution in [3.05, 3.63) is 90.5 Å². The van der Waals surface area contributed by atoms with Gasteiger partial charge in [0.25, 0.3) is 0 Å². The van der Waals surface area contributed by atoms with Crippen LogP contribution in [0.3, 0.4) is 0 Å². The summed E-state index contributed by atoms with van der Waals surface area (Å²) in [4.78, 5) is 37.6. The second-order valence-electron chi connectivity index (χ2n) is 8.82. The zero-order valence-corrected chi connectivity index (χ0v) is 22.3. The zero-order chi connectivity index (χ0) is 25.6. The van der Waals surface area contributed by atoms with E-state index >= 15 is 0 Å². The Hall–Kier alpha value is -3.10. The number of nitrogens with one attached hydrogen (secondary N) is 1. The number of hydrogen-bond donors (Lipinski definition) is 2. The number of aromatic nitrogens is 2. The number of aliphatic carboxylic acids is 1. The maximum atomic E-state index is 13.0. The average Bonchev–Trinajstić information content (AvgIpc) is 2.87. The molecule has 0 saturated carbocycles. The zero-order valence-electron chi connectivity index (χ0n) is 21.1. The van der Waals surface area contributed by atoms with Crippen LogP contribution >= 0.6 is 0 Å². The third-order valence-electron chi connectivity index (χ3n) is 5.84. The van der Waals surface area contributed by atoms with Crippen molar-refractivity contribution >= 4 is 17.6 Å². The molecule has 37 heavy (non-hydrogen) atoms. The normalized spacial score (nSPS) is 11.6. The number of carboxylic acid groups (broad SMARTS) is 1. The Labute approximate surface area is 229 Å². The molecule has 2 heterocycles. The molecule has 9 heteroatoms. The van der Waals surface area contributed by atoms with Gasteiger partial charge in [-0.25, -0.2) is 0 Å². The number of benzene rings is 1. The first-order chi connectivity index (χ1) is 17.5. The number of para-hydroxylation sites is 1. The van der Waals surface area contributed by atoms with E-state index in [4.69, 9.17) is 0 Å².